The lowest BCUT2D eigenvalue weighted by Crippen LogP contribution is -2.27. The zero-order valence-electron chi connectivity index (χ0n) is 11.3. The molecule has 4 atom stereocenters. The van der Waals surface area contributed by atoms with Crippen LogP contribution in [-0.4, -0.2) is 13.1 Å². The van der Waals surface area contributed by atoms with Gasteiger partial charge in [0.1, 0.15) is 0 Å². The van der Waals surface area contributed by atoms with Crippen molar-refractivity contribution in [3.05, 3.63) is 0 Å². The van der Waals surface area contributed by atoms with Crippen LogP contribution in [-0.2, 0) is 0 Å². The van der Waals surface area contributed by atoms with Crippen LogP contribution in [0.15, 0.2) is 0 Å². The van der Waals surface area contributed by atoms with Gasteiger partial charge in [-0.05, 0) is 68.4 Å². The highest BCUT2D eigenvalue weighted by atomic mass is 14.9. The van der Waals surface area contributed by atoms with Crippen molar-refractivity contribution in [3.8, 4) is 0 Å². The lowest BCUT2D eigenvalue weighted by molar-refractivity contribution is 0.270. The second kappa shape index (κ2) is 5.53. The van der Waals surface area contributed by atoms with E-state index in [1.807, 2.05) is 0 Å². The quantitative estimate of drug-likeness (QED) is 0.724. The molecular formula is C15H29N. The van der Waals surface area contributed by atoms with Crippen molar-refractivity contribution in [2.45, 2.75) is 52.9 Å². The summed E-state index contributed by atoms with van der Waals surface area (Å²) in [6.07, 6.45) is 7.69. The molecule has 16 heavy (non-hydrogen) atoms. The molecule has 0 aromatic rings. The molecule has 0 heterocycles. The number of hydrogen-bond donors (Lipinski definition) is 1. The Morgan fingerprint density at radius 2 is 1.88 bits per heavy atom. The molecule has 0 aliphatic heterocycles. The van der Waals surface area contributed by atoms with E-state index in [-0.39, 0.29) is 0 Å². The molecule has 1 nitrogen and oxygen atoms in total. The van der Waals surface area contributed by atoms with Crippen LogP contribution in [0, 0.1) is 29.6 Å². The Morgan fingerprint density at radius 3 is 2.44 bits per heavy atom. The molecule has 94 valence electrons. The number of hydrogen-bond acceptors (Lipinski definition) is 1. The SMILES string of the molecule is CC(C)CNCC(C)CC1CC2CCC1C2. The smallest absolute Gasteiger partial charge is 0.00229 e. The largest absolute Gasteiger partial charge is 0.316 e. The van der Waals surface area contributed by atoms with E-state index in [4.69, 9.17) is 0 Å². The van der Waals surface area contributed by atoms with Crippen LogP contribution in [0.4, 0.5) is 0 Å². The van der Waals surface area contributed by atoms with Gasteiger partial charge in [0.2, 0.25) is 0 Å². The maximum atomic E-state index is 3.60. The molecule has 0 aromatic heterocycles. The first kappa shape index (κ1) is 12.4. The Morgan fingerprint density at radius 1 is 1.06 bits per heavy atom. The Balaban J connectivity index is 1.62. The van der Waals surface area contributed by atoms with Crippen molar-refractivity contribution in [1.82, 2.24) is 5.32 Å². The van der Waals surface area contributed by atoms with E-state index < -0.39 is 0 Å². The lowest BCUT2D eigenvalue weighted by Gasteiger charge is -2.25. The molecule has 1 heteroatoms. The summed E-state index contributed by atoms with van der Waals surface area (Å²) in [5.74, 6) is 4.97. The highest BCUT2D eigenvalue weighted by Crippen LogP contribution is 2.50. The highest BCUT2D eigenvalue weighted by Gasteiger charge is 2.39. The lowest BCUT2D eigenvalue weighted by atomic mass is 9.82. The van der Waals surface area contributed by atoms with Gasteiger partial charge in [0.05, 0.1) is 0 Å². The van der Waals surface area contributed by atoms with Gasteiger partial charge in [0.25, 0.3) is 0 Å². The summed E-state index contributed by atoms with van der Waals surface area (Å²) in [4.78, 5) is 0. The molecular weight excluding hydrogens is 194 g/mol. The van der Waals surface area contributed by atoms with Crippen molar-refractivity contribution >= 4 is 0 Å². The van der Waals surface area contributed by atoms with E-state index in [0.717, 1.165) is 29.6 Å². The van der Waals surface area contributed by atoms with Gasteiger partial charge in [-0.15, -0.1) is 0 Å². The molecule has 2 rings (SSSR count). The molecule has 2 aliphatic rings. The minimum Gasteiger partial charge on any atom is -0.316 e. The van der Waals surface area contributed by atoms with Crippen LogP contribution < -0.4 is 5.32 Å². The predicted octanol–water partition coefficient (Wildman–Crippen LogP) is 3.69. The van der Waals surface area contributed by atoms with E-state index in [1.54, 1.807) is 25.7 Å². The monoisotopic (exact) mass is 223 g/mol. The van der Waals surface area contributed by atoms with Gasteiger partial charge in [0.15, 0.2) is 0 Å². The standard InChI is InChI=1S/C15H29N/c1-11(2)9-16-10-12(3)6-15-8-13-4-5-14(15)7-13/h11-16H,4-10H2,1-3H3. The fourth-order valence-electron chi connectivity index (χ4n) is 3.88. The molecule has 2 saturated carbocycles. The van der Waals surface area contributed by atoms with Crippen molar-refractivity contribution in [3.63, 3.8) is 0 Å². The first-order chi connectivity index (χ1) is 7.65. The third-order valence-electron chi connectivity index (χ3n) is 4.64. The first-order valence-corrected chi connectivity index (χ1v) is 7.35. The summed E-state index contributed by atoms with van der Waals surface area (Å²) in [6, 6.07) is 0. The van der Waals surface area contributed by atoms with Crippen LogP contribution in [0.1, 0.15) is 52.9 Å². The van der Waals surface area contributed by atoms with Gasteiger partial charge >= 0.3 is 0 Å². The topological polar surface area (TPSA) is 12.0 Å². The predicted molar refractivity (Wildman–Crippen MR) is 70.4 cm³/mol. The summed E-state index contributed by atoms with van der Waals surface area (Å²) in [5, 5.41) is 3.60. The molecule has 2 bridgehead atoms. The van der Waals surface area contributed by atoms with Gasteiger partial charge in [0, 0.05) is 0 Å². The molecule has 2 fully saturated rings. The highest BCUT2D eigenvalue weighted by molar-refractivity contribution is 4.90. The summed E-state index contributed by atoms with van der Waals surface area (Å²) in [7, 11) is 0. The van der Waals surface area contributed by atoms with Crippen LogP contribution in [0.5, 0.6) is 0 Å². The molecule has 1 N–H and O–H groups in total. The van der Waals surface area contributed by atoms with E-state index in [9.17, 15) is 0 Å². The molecule has 0 aromatic carbocycles. The van der Waals surface area contributed by atoms with Crippen LogP contribution in [0.3, 0.4) is 0 Å². The Bertz CT molecular complexity index is 211. The van der Waals surface area contributed by atoms with Gasteiger partial charge in [-0.1, -0.05) is 27.2 Å². The van der Waals surface area contributed by atoms with Gasteiger partial charge in [-0.3, -0.25) is 0 Å². The average molecular weight is 223 g/mol. The maximum absolute atomic E-state index is 3.60. The van der Waals surface area contributed by atoms with E-state index >= 15 is 0 Å². The molecule has 0 saturated heterocycles. The Kier molecular flexibility index (Phi) is 4.29. The van der Waals surface area contributed by atoms with E-state index in [2.05, 4.69) is 26.1 Å². The minimum atomic E-state index is 0.787. The number of rotatable bonds is 6. The normalized spacial score (nSPS) is 34.9. The molecule has 0 amide bonds. The molecule has 0 spiro atoms. The van der Waals surface area contributed by atoms with Gasteiger partial charge < -0.3 is 5.32 Å². The van der Waals surface area contributed by atoms with Crippen LogP contribution in [0.25, 0.3) is 0 Å². The second-order valence-electron chi connectivity index (χ2n) is 6.83. The van der Waals surface area contributed by atoms with Crippen molar-refractivity contribution in [2.75, 3.05) is 13.1 Å². The van der Waals surface area contributed by atoms with Crippen molar-refractivity contribution in [1.29, 1.82) is 0 Å². The Hall–Kier alpha value is -0.0400. The van der Waals surface area contributed by atoms with Crippen molar-refractivity contribution < 1.29 is 0 Å². The van der Waals surface area contributed by atoms with E-state index in [1.165, 1.54) is 19.5 Å². The third-order valence-corrected chi connectivity index (χ3v) is 4.64. The fourth-order valence-corrected chi connectivity index (χ4v) is 3.88. The van der Waals surface area contributed by atoms with Crippen molar-refractivity contribution in [2.24, 2.45) is 29.6 Å². The minimum absolute atomic E-state index is 0.787. The number of nitrogens with one attached hydrogen (secondary N) is 1. The zero-order chi connectivity index (χ0) is 11.5. The summed E-state index contributed by atoms with van der Waals surface area (Å²) in [6.45, 7) is 9.41. The molecule has 4 unspecified atom stereocenters. The summed E-state index contributed by atoms with van der Waals surface area (Å²) >= 11 is 0. The van der Waals surface area contributed by atoms with E-state index in [0.29, 0.717) is 0 Å². The number of fused-ring (bicyclic) bond motifs is 2. The van der Waals surface area contributed by atoms with Crippen LogP contribution >= 0.6 is 0 Å². The summed E-state index contributed by atoms with van der Waals surface area (Å²) in [5.41, 5.74) is 0. The Labute approximate surface area is 101 Å². The average Bonchev–Trinajstić information content (AvgIpc) is 2.78. The molecule has 0 radical (unpaired) electrons. The molecule has 2 aliphatic carbocycles. The van der Waals surface area contributed by atoms with Crippen LogP contribution in [0.2, 0.25) is 0 Å². The maximum Gasteiger partial charge on any atom is -0.00229 e. The second-order valence-corrected chi connectivity index (χ2v) is 6.83. The summed E-state index contributed by atoms with van der Waals surface area (Å²) < 4.78 is 0. The zero-order valence-corrected chi connectivity index (χ0v) is 11.3. The fraction of sp³-hybridized carbons (Fsp3) is 1.00. The third kappa shape index (κ3) is 3.23. The first-order valence-electron chi connectivity index (χ1n) is 7.35. The van der Waals surface area contributed by atoms with Gasteiger partial charge in [-0.25, -0.2) is 0 Å². The van der Waals surface area contributed by atoms with Gasteiger partial charge in [-0.2, -0.15) is 0 Å².